The number of nitrogens with zero attached hydrogens (tertiary/aromatic N) is 4. The quantitative estimate of drug-likeness (QED) is 0.743. The summed E-state index contributed by atoms with van der Waals surface area (Å²) >= 11 is 0. The third kappa shape index (κ3) is 2.06. The fraction of sp³-hybridized carbons (Fsp3) is 0.727. The van der Waals surface area contributed by atoms with Crippen molar-refractivity contribution in [3.8, 4) is 0 Å². The first kappa shape index (κ1) is 12.1. The van der Waals surface area contributed by atoms with Crippen LogP contribution in [-0.4, -0.2) is 59.3 Å². The highest BCUT2D eigenvalue weighted by molar-refractivity contribution is 7.88. The molecule has 1 aromatic heterocycles. The minimum Gasteiger partial charge on any atom is -0.294 e. The van der Waals surface area contributed by atoms with Gasteiger partial charge in [0.2, 0.25) is 10.0 Å². The van der Waals surface area contributed by atoms with E-state index in [0.29, 0.717) is 25.0 Å². The summed E-state index contributed by atoms with van der Waals surface area (Å²) in [5.74, 6) is 0.511. The van der Waals surface area contributed by atoms with E-state index < -0.39 is 10.0 Å². The van der Waals surface area contributed by atoms with Crippen LogP contribution in [0.15, 0.2) is 12.4 Å². The second-order valence-electron chi connectivity index (χ2n) is 5.36. The van der Waals surface area contributed by atoms with E-state index in [4.69, 9.17) is 0 Å². The van der Waals surface area contributed by atoms with E-state index >= 15 is 0 Å². The molecule has 7 heteroatoms. The lowest BCUT2D eigenvalue weighted by atomic mass is 9.92. The van der Waals surface area contributed by atoms with Gasteiger partial charge in [0, 0.05) is 56.9 Å². The van der Waals surface area contributed by atoms with Crippen molar-refractivity contribution in [3.63, 3.8) is 0 Å². The van der Waals surface area contributed by atoms with Crippen molar-refractivity contribution < 1.29 is 8.42 Å². The van der Waals surface area contributed by atoms with E-state index in [9.17, 15) is 8.42 Å². The summed E-state index contributed by atoms with van der Waals surface area (Å²) in [5, 5.41) is 4.15. The summed E-state index contributed by atoms with van der Waals surface area (Å²) in [4.78, 5) is 2.34. The molecule has 2 atom stereocenters. The molecule has 0 unspecified atom stereocenters. The zero-order chi connectivity index (χ0) is 12.9. The number of aryl methyl sites for hydroxylation is 1. The van der Waals surface area contributed by atoms with Crippen LogP contribution < -0.4 is 0 Å². The minimum atomic E-state index is -3.03. The van der Waals surface area contributed by atoms with Crippen LogP contribution in [0.2, 0.25) is 0 Å². The van der Waals surface area contributed by atoms with Crippen LogP contribution in [0.3, 0.4) is 0 Å². The monoisotopic (exact) mass is 270 g/mol. The first-order valence-electron chi connectivity index (χ1n) is 6.10. The molecule has 0 radical (unpaired) electrons. The Morgan fingerprint density at radius 3 is 2.78 bits per heavy atom. The van der Waals surface area contributed by atoms with E-state index in [-0.39, 0.29) is 0 Å². The van der Waals surface area contributed by atoms with Gasteiger partial charge in [0.05, 0.1) is 12.5 Å². The van der Waals surface area contributed by atoms with Crippen LogP contribution in [0.25, 0.3) is 0 Å². The number of hydrogen-bond donors (Lipinski definition) is 0. The number of likely N-dealkylation sites (tertiary alicyclic amines) is 1. The minimum absolute atomic E-state index is 0.389. The van der Waals surface area contributed by atoms with Crippen LogP contribution in [0.4, 0.5) is 0 Å². The Morgan fingerprint density at radius 1 is 1.39 bits per heavy atom. The Morgan fingerprint density at radius 2 is 2.17 bits per heavy atom. The van der Waals surface area contributed by atoms with Crippen molar-refractivity contribution in [2.24, 2.45) is 13.0 Å². The zero-order valence-corrected chi connectivity index (χ0v) is 11.5. The molecule has 0 amide bonds. The Labute approximate surface area is 107 Å². The largest absolute Gasteiger partial charge is 0.294 e. The van der Waals surface area contributed by atoms with Crippen LogP contribution in [-0.2, 0) is 23.6 Å². The molecule has 100 valence electrons. The molecule has 0 spiro atoms. The zero-order valence-electron chi connectivity index (χ0n) is 10.7. The van der Waals surface area contributed by atoms with Crippen molar-refractivity contribution in [1.82, 2.24) is 19.0 Å². The van der Waals surface area contributed by atoms with Gasteiger partial charge in [-0.2, -0.15) is 5.10 Å². The molecule has 0 bridgehead atoms. The fourth-order valence-electron chi connectivity index (χ4n) is 2.95. The van der Waals surface area contributed by atoms with E-state index in [1.807, 2.05) is 19.4 Å². The van der Waals surface area contributed by atoms with Gasteiger partial charge in [-0.3, -0.25) is 9.58 Å². The van der Waals surface area contributed by atoms with Gasteiger partial charge in [-0.15, -0.1) is 0 Å². The molecule has 2 saturated heterocycles. The molecule has 3 rings (SSSR count). The third-order valence-electron chi connectivity index (χ3n) is 3.92. The summed E-state index contributed by atoms with van der Waals surface area (Å²) in [6.07, 6.45) is 5.18. The highest BCUT2D eigenvalue weighted by atomic mass is 32.2. The lowest BCUT2D eigenvalue weighted by Crippen LogP contribution is -2.54. The van der Waals surface area contributed by atoms with E-state index in [1.54, 1.807) is 8.99 Å². The van der Waals surface area contributed by atoms with Crippen LogP contribution in [0.5, 0.6) is 0 Å². The second-order valence-corrected chi connectivity index (χ2v) is 7.34. The lowest BCUT2D eigenvalue weighted by Gasteiger charge is -2.43. The van der Waals surface area contributed by atoms with Crippen LogP contribution in [0.1, 0.15) is 5.56 Å². The highest BCUT2D eigenvalue weighted by Gasteiger charge is 2.47. The third-order valence-corrected chi connectivity index (χ3v) is 5.16. The first-order valence-corrected chi connectivity index (χ1v) is 7.95. The predicted molar refractivity (Wildman–Crippen MR) is 67.3 cm³/mol. The molecule has 0 N–H and O–H groups in total. The number of fused-ring (bicyclic) bond motifs is 1. The molecule has 0 aliphatic carbocycles. The van der Waals surface area contributed by atoms with Gasteiger partial charge in [-0.25, -0.2) is 12.7 Å². The van der Waals surface area contributed by atoms with E-state index in [1.165, 1.54) is 11.8 Å². The number of sulfonamides is 1. The predicted octanol–water partition coefficient (Wildman–Crippen LogP) is -0.504. The van der Waals surface area contributed by atoms with Gasteiger partial charge < -0.3 is 0 Å². The van der Waals surface area contributed by atoms with Gasteiger partial charge in [-0.05, 0) is 0 Å². The van der Waals surface area contributed by atoms with Gasteiger partial charge >= 0.3 is 0 Å². The fourth-order valence-corrected chi connectivity index (χ4v) is 3.83. The van der Waals surface area contributed by atoms with Crippen molar-refractivity contribution >= 4 is 10.0 Å². The maximum Gasteiger partial charge on any atom is 0.211 e. The molecule has 2 aliphatic rings. The van der Waals surface area contributed by atoms with Crippen LogP contribution >= 0.6 is 0 Å². The van der Waals surface area contributed by atoms with E-state index in [0.717, 1.165) is 13.1 Å². The van der Waals surface area contributed by atoms with Crippen molar-refractivity contribution in [2.45, 2.75) is 12.6 Å². The SMILES string of the molecule is Cn1cc(CN2C[C@@H]3CN(S(C)(=O)=O)C[C@@H]32)cn1. The summed E-state index contributed by atoms with van der Waals surface area (Å²) in [6.45, 7) is 3.19. The number of rotatable bonds is 3. The summed E-state index contributed by atoms with van der Waals surface area (Å²) in [6, 6.07) is 0.389. The van der Waals surface area contributed by atoms with Crippen molar-refractivity contribution in [1.29, 1.82) is 0 Å². The van der Waals surface area contributed by atoms with Gasteiger partial charge in [0.1, 0.15) is 0 Å². The standard InChI is InChI=1S/C11H18N4O2S/c1-13-4-9(3-12-13)5-14-6-10-7-15(8-11(10)14)18(2,16)17/h3-4,10-11H,5-8H2,1-2H3/t10-,11+/m1/s1. The Balaban J connectivity index is 1.63. The van der Waals surface area contributed by atoms with Crippen molar-refractivity contribution in [2.75, 3.05) is 25.9 Å². The van der Waals surface area contributed by atoms with Gasteiger partial charge in [0.15, 0.2) is 0 Å². The molecule has 1 aromatic rings. The smallest absolute Gasteiger partial charge is 0.211 e. The molecular formula is C11H18N4O2S. The molecule has 6 nitrogen and oxygen atoms in total. The number of hydrogen-bond acceptors (Lipinski definition) is 4. The first-order chi connectivity index (χ1) is 8.43. The van der Waals surface area contributed by atoms with E-state index in [2.05, 4.69) is 10.00 Å². The normalized spacial score (nSPS) is 29.2. The van der Waals surface area contributed by atoms with Crippen LogP contribution in [0, 0.1) is 5.92 Å². The average molecular weight is 270 g/mol. The topological polar surface area (TPSA) is 58.4 Å². The number of aromatic nitrogens is 2. The molecule has 3 heterocycles. The Bertz CT molecular complexity index is 553. The summed E-state index contributed by atoms with van der Waals surface area (Å²) in [7, 11) is -1.12. The van der Waals surface area contributed by atoms with Crippen molar-refractivity contribution in [3.05, 3.63) is 18.0 Å². The van der Waals surface area contributed by atoms with Gasteiger partial charge in [-0.1, -0.05) is 0 Å². The average Bonchev–Trinajstić information content (AvgIpc) is 2.78. The maximum atomic E-state index is 11.5. The van der Waals surface area contributed by atoms with Gasteiger partial charge in [0.25, 0.3) is 0 Å². The molecule has 2 aliphatic heterocycles. The highest BCUT2D eigenvalue weighted by Crippen LogP contribution is 2.34. The molecule has 2 fully saturated rings. The molecular weight excluding hydrogens is 252 g/mol. The molecule has 18 heavy (non-hydrogen) atoms. The summed E-state index contributed by atoms with van der Waals surface area (Å²) in [5.41, 5.74) is 1.19. The lowest BCUT2D eigenvalue weighted by molar-refractivity contribution is 0.0435. The molecule has 0 aromatic carbocycles. The maximum absolute atomic E-state index is 11.5. The summed E-state index contributed by atoms with van der Waals surface area (Å²) < 4.78 is 26.4. The Kier molecular flexibility index (Phi) is 2.72. The molecule has 0 saturated carbocycles. The second kappa shape index (κ2) is 4.04. The Hall–Kier alpha value is -0.920.